The molecule has 0 atom stereocenters. The summed E-state index contributed by atoms with van der Waals surface area (Å²) in [4.78, 5) is 16.6. The second-order valence-corrected chi connectivity index (χ2v) is 5.34. The highest BCUT2D eigenvalue weighted by molar-refractivity contribution is 7.18. The quantitative estimate of drug-likeness (QED) is 0.640. The molecule has 0 radical (unpaired) electrons. The standard InChI is InChI=1S/C10H13N7O2S/c1-15-7(17(18)19)6-12-8(15)9-13-14-10(20-9)16-4-2-11-3-5-16/h6,11H,2-5H2,1H3. The summed E-state index contributed by atoms with van der Waals surface area (Å²) in [6, 6.07) is 0. The largest absolute Gasteiger partial charge is 0.358 e. The van der Waals surface area contributed by atoms with Crippen LogP contribution in [0.25, 0.3) is 10.8 Å². The predicted octanol–water partition coefficient (Wildman–Crippen LogP) is 0.256. The molecule has 1 fully saturated rings. The zero-order valence-electron chi connectivity index (χ0n) is 10.8. The maximum absolute atomic E-state index is 10.8. The van der Waals surface area contributed by atoms with Gasteiger partial charge in [-0.05, 0) is 4.92 Å². The maximum Gasteiger partial charge on any atom is 0.342 e. The third-order valence-electron chi connectivity index (χ3n) is 3.14. The molecule has 1 aliphatic heterocycles. The van der Waals surface area contributed by atoms with Crippen LogP contribution in [0.3, 0.4) is 0 Å². The molecule has 0 spiro atoms. The van der Waals surface area contributed by atoms with Crippen molar-refractivity contribution in [2.45, 2.75) is 0 Å². The summed E-state index contributed by atoms with van der Waals surface area (Å²) in [7, 11) is 1.60. The van der Waals surface area contributed by atoms with E-state index >= 15 is 0 Å². The van der Waals surface area contributed by atoms with Crippen LogP contribution in [0.5, 0.6) is 0 Å². The van der Waals surface area contributed by atoms with Crippen LogP contribution in [0.2, 0.25) is 0 Å². The first-order valence-electron chi connectivity index (χ1n) is 6.12. The number of rotatable bonds is 3. The number of nitro groups is 1. The lowest BCUT2D eigenvalue weighted by Gasteiger charge is -2.26. The van der Waals surface area contributed by atoms with Crippen molar-refractivity contribution in [3.05, 3.63) is 16.3 Å². The third-order valence-corrected chi connectivity index (χ3v) is 4.12. The second-order valence-electron chi connectivity index (χ2n) is 4.38. The van der Waals surface area contributed by atoms with E-state index in [4.69, 9.17) is 0 Å². The molecule has 0 aromatic carbocycles. The first-order valence-corrected chi connectivity index (χ1v) is 6.94. The Morgan fingerprint density at radius 1 is 1.40 bits per heavy atom. The van der Waals surface area contributed by atoms with E-state index in [-0.39, 0.29) is 5.82 Å². The molecular weight excluding hydrogens is 282 g/mol. The molecule has 3 heterocycles. The summed E-state index contributed by atoms with van der Waals surface area (Å²) >= 11 is 1.40. The van der Waals surface area contributed by atoms with Crippen LogP contribution in [0.15, 0.2) is 6.20 Å². The van der Waals surface area contributed by atoms with E-state index in [2.05, 4.69) is 25.4 Å². The molecule has 0 amide bonds. The average molecular weight is 295 g/mol. The van der Waals surface area contributed by atoms with Gasteiger partial charge >= 0.3 is 5.82 Å². The van der Waals surface area contributed by atoms with Gasteiger partial charge in [-0.3, -0.25) is 0 Å². The predicted molar refractivity (Wildman–Crippen MR) is 73.8 cm³/mol. The van der Waals surface area contributed by atoms with Gasteiger partial charge in [0, 0.05) is 26.2 Å². The number of anilines is 1. The normalized spacial score (nSPS) is 15.6. The third kappa shape index (κ3) is 2.23. The van der Waals surface area contributed by atoms with E-state index in [1.54, 1.807) is 7.05 Å². The Morgan fingerprint density at radius 3 is 2.80 bits per heavy atom. The van der Waals surface area contributed by atoms with Gasteiger partial charge < -0.3 is 20.3 Å². The Kier molecular flexibility index (Phi) is 3.32. The van der Waals surface area contributed by atoms with Crippen molar-refractivity contribution >= 4 is 22.3 Å². The van der Waals surface area contributed by atoms with E-state index in [1.165, 1.54) is 22.1 Å². The average Bonchev–Trinajstić information content (AvgIpc) is 3.06. The Balaban J connectivity index is 1.88. The minimum atomic E-state index is -0.464. The second kappa shape index (κ2) is 5.13. The number of imidazole rings is 1. The number of aromatic nitrogens is 4. The minimum absolute atomic E-state index is 0.0566. The van der Waals surface area contributed by atoms with Crippen LogP contribution in [-0.4, -0.2) is 50.9 Å². The fraction of sp³-hybridized carbons (Fsp3) is 0.500. The van der Waals surface area contributed by atoms with E-state index < -0.39 is 4.92 Å². The highest BCUT2D eigenvalue weighted by atomic mass is 32.1. The van der Waals surface area contributed by atoms with Crippen LogP contribution in [0, 0.1) is 10.1 Å². The lowest BCUT2D eigenvalue weighted by Crippen LogP contribution is -2.43. The van der Waals surface area contributed by atoms with Gasteiger partial charge in [-0.2, -0.15) is 0 Å². The van der Waals surface area contributed by atoms with E-state index in [0.29, 0.717) is 10.8 Å². The summed E-state index contributed by atoms with van der Waals surface area (Å²) in [5.74, 6) is 0.412. The first-order chi connectivity index (χ1) is 9.66. The summed E-state index contributed by atoms with van der Waals surface area (Å²) in [6.45, 7) is 3.61. The van der Waals surface area contributed by atoms with Crippen LogP contribution < -0.4 is 10.2 Å². The van der Waals surface area contributed by atoms with Crippen molar-refractivity contribution in [3.8, 4) is 10.8 Å². The SMILES string of the molecule is Cn1c([N+](=O)[O-])cnc1-c1nnc(N2CCNCC2)s1. The van der Waals surface area contributed by atoms with E-state index in [9.17, 15) is 10.1 Å². The molecule has 0 saturated carbocycles. The number of nitrogens with zero attached hydrogens (tertiary/aromatic N) is 6. The monoisotopic (exact) mass is 295 g/mol. The van der Waals surface area contributed by atoms with Crippen molar-refractivity contribution in [1.82, 2.24) is 25.1 Å². The molecule has 106 valence electrons. The molecule has 2 aromatic heterocycles. The van der Waals surface area contributed by atoms with Crippen molar-refractivity contribution in [2.24, 2.45) is 7.05 Å². The number of hydrogen-bond acceptors (Lipinski definition) is 8. The molecule has 1 saturated heterocycles. The fourth-order valence-electron chi connectivity index (χ4n) is 2.06. The molecule has 3 rings (SSSR count). The molecule has 10 heteroatoms. The van der Waals surface area contributed by atoms with Crippen LogP contribution in [-0.2, 0) is 7.05 Å². The molecule has 0 bridgehead atoms. The molecule has 1 aliphatic rings. The first kappa shape index (κ1) is 12.9. The van der Waals surface area contributed by atoms with Crippen LogP contribution in [0.4, 0.5) is 10.9 Å². The van der Waals surface area contributed by atoms with E-state index in [0.717, 1.165) is 31.3 Å². The highest BCUT2D eigenvalue weighted by Crippen LogP contribution is 2.29. The van der Waals surface area contributed by atoms with Crippen molar-refractivity contribution in [2.75, 3.05) is 31.1 Å². The van der Waals surface area contributed by atoms with Crippen LogP contribution >= 0.6 is 11.3 Å². The minimum Gasteiger partial charge on any atom is -0.358 e. The van der Waals surface area contributed by atoms with Gasteiger partial charge in [-0.25, -0.2) is 9.55 Å². The van der Waals surface area contributed by atoms with Gasteiger partial charge in [-0.1, -0.05) is 11.3 Å². The molecule has 20 heavy (non-hydrogen) atoms. The zero-order chi connectivity index (χ0) is 14.1. The summed E-state index contributed by atoms with van der Waals surface area (Å²) < 4.78 is 1.42. The van der Waals surface area contributed by atoms with Gasteiger partial charge in [0.05, 0.1) is 7.05 Å². The van der Waals surface area contributed by atoms with Crippen molar-refractivity contribution in [3.63, 3.8) is 0 Å². The van der Waals surface area contributed by atoms with Crippen molar-refractivity contribution in [1.29, 1.82) is 0 Å². The Labute approximate surface area is 118 Å². The number of nitrogens with one attached hydrogen (secondary N) is 1. The summed E-state index contributed by atoms with van der Waals surface area (Å²) in [6.07, 6.45) is 1.24. The van der Waals surface area contributed by atoms with Gasteiger partial charge in [0.2, 0.25) is 10.1 Å². The molecule has 2 aromatic rings. The number of hydrogen-bond donors (Lipinski definition) is 1. The molecule has 9 nitrogen and oxygen atoms in total. The smallest absolute Gasteiger partial charge is 0.342 e. The lowest BCUT2D eigenvalue weighted by molar-refractivity contribution is -0.391. The summed E-state index contributed by atoms with van der Waals surface area (Å²) in [5, 5.41) is 23.8. The maximum atomic E-state index is 10.8. The van der Waals surface area contributed by atoms with Gasteiger partial charge in [-0.15, -0.1) is 10.2 Å². The molecule has 0 unspecified atom stereocenters. The fourth-order valence-corrected chi connectivity index (χ4v) is 2.99. The Hall–Kier alpha value is -2.07. The van der Waals surface area contributed by atoms with Gasteiger partial charge in [0.15, 0.2) is 0 Å². The van der Waals surface area contributed by atoms with Gasteiger partial charge in [0.1, 0.15) is 6.20 Å². The topological polar surface area (TPSA) is 102 Å². The molecule has 1 N–H and O–H groups in total. The van der Waals surface area contributed by atoms with Gasteiger partial charge in [0.25, 0.3) is 5.82 Å². The molecule has 0 aliphatic carbocycles. The van der Waals surface area contributed by atoms with Crippen LogP contribution in [0.1, 0.15) is 0 Å². The lowest BCUT2D eigenvalue weighted by atomic mass is 10.4. The Morgan fingerprint density at radius 2 is 2.15 bits per heavy atom. The van der Waals surface area contributed by atoms with E-state index in [1.807, 2.05) is 0 Å². The highest BCUT2D eigenvalue weighted by Gasteiger charge is 2.23. The summed E-state index contributed by atoms with van der Waals surface area (Å²) in [5.41, 5.74) is 0. The Bertz CT molecular complexity index is 631. The number of piperazine rings is 1. The molecular formula is C10H13N7O2S. The van der Waals surface area contributed by atoms with Crippen molar-refractivity contribution < 1.29 is 4.92 Å². The zero-order valence-corrected chi connectivity index (χ0v) is 11.6.